The van der Waals surface area contributed by atoms with Crippen LogP contribution in [0.25, 0.3) is 0 Å². The molecule has 2 rings (SSSR count). The number of nitrogens with zero attached hydrogens (tertiary/aromatic N) is 1. The van der Waals surface area contributed by atoms with Crippen LogP contribution < -0.4 is 4.74 Å². The molecule has 0 N–H and O–H groups in total. The predicted octanol–water partition coefficient (Wildman–Crippen LogP) is 2.30. The average molecular weight is 225 g/mol. The summed E-state index contributed by atoms with van der Waals surface area (Å²) in [6, 6.07) is 1.99. The normalized spacial score (nSPS) is 16.4. The van der Waals surface area contributed by atoms with Gasteiger partial charge in [0.25, 0.3) is 0 Å². The molecule has 0 spiro atoms. The molecule has 16 heavy (non-hydrogen) atoms. The minimum atomic E-state index is -0.973. The summed E-state index contributed by atoms with van der Waals surface area (Å²) in [5, 5.41) is 0. The molecule has 0 saturated heterocycles. The fourth-order valence-electron chi connectivity index (χ4n) is 1.79. The Kier molecular flexibility index (Phi) is 2.48. The van der Waals surface area contributed by atoms with Gasteiger partial charge in [0.15, 0.2) is 11.6 Å². The van der Waals surface area contributed by atoms with Crippen molar-refractivity contribution in [1.29, 1.82) is 0 Å². The molecular weight excluding hydrogens is 216 g/mol. The summed E-state index contributed by atoms with van der Waals surface area (Å²) < 4.78 is 31.9. The third-order valence-electron chi connectivity index (χ3n) is 2.71. The van der Waals surface area contributed by atoms with E-state index >= 15 is 0 Å². The van der Waals surface area contributed by atoms with Gasteiger partial charge in [0.1, 0.15) is 11.4 Å². The first kappa shape index (κ1) is 10.8. The summed E-state index contributed by atoms with van der Waals surface area (Å²) in [6.07, 6.45) is 2.40. The van der Waals surface area contributed by atoms with Gasteiger partial charge in [-0.2, -0.15) is 4.99 Å². The third-order valence-corrected chi connectivity index (χ3v) is 2.71. The van der Waals surface area contributed by atoms with E-state index in [1.54, 1.807) is 0 Å². The smallest absolute Gasteiger partial charge is 0.235 e. The highest BCUT2D eigenvalue weighted by Gasteiger charge is 2.49. The van der Waals surface area contributed by atoms with Crippen LogP contribution >= 0.6 is 0 Å². The van der Waals surface area contributed by atoms with E-state index in [-0.39, 0.29) is 11.3 Å². The van der Waals surface area contributed by atoms with E-state index in [0.29, 0.717) is 12.8 Å². The second-order valence-corrected chi connectivity index (χ2v) is 3.67. The van der Waals surface area contributed by atoms with Crippen LogP contribution in [-0.4, -0.2) is 13.2 Å². The molecule has 0 radical (unpaired) electrons. The number of hydrogen-bond donors (Lipinski definition) is 0. The molecular formula is C11H9F2NO2. The van der Waals surface area contributed by atoms with E-state index in [0.717, 1.165) is 12.1 Å². The monoisotopic (exact) mass is 225 g/mol. The van der Waals surface area contributed by atoms with Gasteiger partial charge in [0, 0.05) is 0 Å². The maximum Gasteiger partial charge on any atom is 0.235 e. The molecule has 0 aliphatic heterocycles. The Hall–Kier alpha value is -1.74. The first-order valence-corrected chi connectivity index (χ1v) is 4.76. The maximum atomic E-state index is 13.6. The van der Waals surface area contributed by atoms with Crippen molar-refractivity contribution in [2.75, 3.05) is 7.11 Å². The Morgan fingerprint density at radius 2 is 2.00 bits per heavy atom. The summed E-state index contributed by atoms with van der Waals surface area (Å²) in [4.78, 5) is 13.8. The highest BCUT2D eigenvalue weighted by atomic mass is 19.1. The molecule has 1 aliphatic rings. The lowest BCUT2D eigenvalue weighted by molar-refractivity contribution is 0.369. The van der Waals surface area contributed by atoms with E-state index in [2.05, 4.69) is 4.99 Å². The van der Waals surface area contributed by atoms with Crippen molar-refractivity contribution in [2.24, 2.45) is 4.99 Å². The van der Waals surface area contributed by atoms with E-state index < -0.39 is 17.2 Å². The van der Waals surface area contributed by atoms with Crippen molar-refractivity contribution < 1.29 is 18.3 Å². The fourth-order valence-corrected chi connectivity index (χ4v) is 1.79. The third kappa shape index (κ3) is 1.49. The van der Waals surface area contributed by atoms with Gasteiger partial charge in [-0.05, 0) is 25.0 Å². The number of aliphatic imine (C=N–C) groups is 1. The van der Waals surface area contributed by atoms with Gasteiger partial charge in [-0.1, -0.05) is 0 Å². The molecule has 0 unspecified atom stereocenters. The van der Waals surface area contributed by atoms with E-state index in [4.69, 9.17) is 4.74 Å². The minimum Gasteiger partial charge on any atom is -0.493 e. The van der Waals surface area contributed by atoms with Crippen LogP contribution in [0.1, 0.15) is 18.4 Å². The highest BCUT2D eigenvalue weighted by Crippen LogP contribution is 2.53. The Labute approximate surface area is 90.8 Å². The number of methoxy groups -OCH3 is 1. The second kappa shape index (κ2) is 3.68. The molecule has 1 aromatic rings. The summed E-state index contributed by atoms with van der Waals surface area (Å²) >= 11 is 0. The van der Waals surface area contributed by atoms with E-state index in [1.165, 1.54) is 13.2 Å². The van der Waals surface area contributed by atoms with Crippen molar-refractivity contribution in [3.05, 3.63) is 29.3 Å². The number of hydrogen-bond acceptors (Lipinski definition) is 3. The molecule has 1 saturated carbocycles. The van der Waals surface area contributed by atoms with Gasteiger partial charge >= 0.3 is 0 Å². The number of carbonyl (C=O) groups excluding carboxylic acids is 1. The molecule has 0 bridgehead atoms. The quantitative estimate of drug-likeness (QED) is 0.584. The Bertz CT molecular complexity index is 477. The lowest BCUT2D eigenvalue weighted by Crippen LogP contribution is -2.09. The average Bonchev–Trinajstić information content (AvgIpc) is 3.02. The number of halogens is 2. The fraction of sp³-hybridized carbons (Fsp3) is 0.364. The summed E-state index contributed by atoms with van der Waals surface area (Å²) in [5.74, 6) is -1.46. The summed E-state index contributed by atoms with van der Waals surface area (Å²) in [7, 11) is 1.25. The van der Waals surface area contributed by atoms with Crippen LogP contribution in [0.5, 0.6) is 5.75 Å². The van der Waals surface area contributed by atoms with Crippen molar-refractivity contribution >= 4 is 6.08 Å². The topological polar surface area (TPSA) is 38.7 Å². The van der Waals surface area contributed by atoms with Gasteiger partial charge in [-0.15, -0.1) is 0 Å². The molecule has 0 aromatic heterocycles. The first-order chi connectivity index (χ1) is 7.64. The zero-order valence-electron chi connectivity index (χ0n) is 8.59. The zero-order chi connectivity index (χ0) is 11.8. The molecule has 0 amide bonds. The molecule has 1 fully saturated rings. The number of ether oxygens (including phenoxy) is 1. The predicted molar refractivity (Wildman–Crippen MR) is 51.9 cm³/mol. The van der Waals surface area contributed by atoms with Gasteiger partial charge in [-0.3, -0.25) is 0 Å². The molecule has 3 nitrogen and oxygen atoms in total. The van der Waals surface area contributed by atoms with Gasteiger partial charge in [0.05, 0.1) is 12.7 Å². The van der Waals surface area contributed by atoms with Crippen molar-refractivity contribution in [3.63, 3.8) is 0 Å². The number of isocyanates is 1. The molecule has 5 heteroatoms. The molecule has 0 heterocycles. The lowest BCUT2D eigenvalue weighted by Gasteiger charge is -2.14. The van der Waals surface area contributed by atoms with E-state index in [9.17, 15) is 13.6 Å². The van der Waals surface area contributed by atoms with Gasteiger partial charge in [-0.25, -0.2) is 13.6 Å². The standard InChI is InChI=1S/C11H9F2NO2/c1-16-10-8(13)3-2-7(12)9(10)11(4-5-11)14-6-15/h2-3H,4-5H2,1H3. The maximum absolute atomic E-state index is 13.6. The van der Waals surface area contributed by atoms with Crippen LogP contribution in [0.3, 0.4) is 0 Å². The Morgan fingerprint density at radius 1 is 1.38 bits per heavy atom. The SMILES string of the molecule is COc1c(F)ccc(F)c1C1(N=C=O)CC1. The van der Waals surface area contributed by atoms with Crippen LogP contribution in [-0.2, 0) is 10.3 Å². The van der Waals surface area contributed by atoms with Crippen molar-refractivity contribution in [2.45, 2.75) is 18.4 Å². The number of benzene rings is 1. The molecule has 1 aliphatic carbocycles. The van der Waals surface area contributed by atoms with Gasteiger partial charge in [0.2, 0.25) is 6.08 Å². The van der Waals surface area contributed by atoms with Crippen molar-refractivity contribution in [1.82, 2.24) is 0 Å². The van der Waals surface area contributed by atoms with E-state index in [1.807, 2.05) is 0 Å². The Balaban J connectivity index is 2.63. The Morgan fingerprint density at radius 3 is 2.50 bits per heavy atom. The molecule has 84 valence electrons. The first-order valence-electron chi connectivity index (χ1n) is 4.76. The largest absolute Gasteiger partial charge is 0.493 e. The van der Waals surface area contributed by atoms with Crippen LogP contribution in [0, 0.1) is 11.6 Å². The zero-order valence-corrected chi connectivity index (χ0v) is 8.59. The summed E-state index contributed by atoms with van der Waals surface area (Å²) in [5.41, 5.74) is -0.961. The number of rotatable bonds is 3. The molecule has 0 atom stereocenters. The van der Waals surface area contributed by atoms with Crippen molar-refractivity contribution in [3.8, 4) is 5.75 Å². The summed E-state index contributed by atoms with van der Waals surface area (Å²) in [6.45, 7) is 0. The van der Waals surface area contributed by atoms with Gasteiger partial charge < -0.3 is 4.74 Å². The van der Waals surface area contributed by atoms with Crippen LogP contribution in [0.15, 0.2) is 17.1 Å². The van der Waals surface area contributed by atoms with Crippen LogP contribution in [0.2, 0.25) is 0 Å². The minimum absolute atomic E-state index is 0.0124. The highest BCUT2D eigenvalue weighted by molar-refractivity contribution is 5.48. The lowest BCUT2D eigenvalue weighted by atomic mass is 10.0. The van der Waals surface area contributed by atoms with Crippen LogP contribution in [0.4, 0.5) is 8.78 Å². The molecule has 1 aromatic carbocycles. The second-order valence-electron chi connectivity index (χ2n) is 3.67.